The molecule has 5 rings (SSSR count). The van der Waals surface area contributed by atoms with E-state index in [0.29, 0.717) is 39.1 Å². The first kappa shape index (κ1) is 35.8. The number of hydrogen-bond donors (Lipinski definition) is 2. The molecule has 2 N–H and O–H groups in total. The van der Waals surface area contributed by atoms with Gasteiger partial charge in [-0.15, -0.1) is 20.3 Å². The highest BCUT2D eigenvalue weighted by Crippen LogP contribution is 2.39. The number of nitrogens with one attached hydrogen (secondary N) is 1. The molecule has 0 saturated carbocycles. The van der Waals surface area contributed by atoms with Crippen LogP contribution in [-0.2, 0) is 25.7 Å². The van der Waals surface area contributed by atoms with Gasteiger partial charge in [-0.2, -0.15) is 5.21 Å². The second kappa shape index (κ2) is 17.7. The third kappa shape index (κ3) is 9.77. The lowest BCUT2D eigenvalue weighted by Crippen LogP contribution is -2.52. The second-order valence-electron chi connectivity index (χ2n) is 12.2. The van der Waals surface area contributed by atoms with Crippen LogP contribution in [0.4, 0.5) is 5.69 Å². The summed E-state index contributed by atoms with van der Waals surface area (Å²) in [7, 11) is 3.32. The van der Waals surface area contributed by atoms with Gasteiger partial charge < -0.3 is 38.7 Å². The van der Waals surface area contributed by atoms with Gasteiger partial charge >= 0.3 is 0 Å². The van der Waals surface area contributed by atoms with Crippen molar-refractivity contribution in [2.45, 2.75) is 69.3 Å². The Morgan fingerprint density at radius 1 is 1.16 bits per heavy atom. The molecule has 3 heterocycles. The molecule has 16 nitrogen and oxygen atoms in total. The summed E-state index contributed by atoms with van der Waals surface area (Å²) in [5.41, 5.74) is 3.03. The number of fused-ring (bicyclic) bond motifs is 1. The molecule has 266 valence electrons. The Morgan fingerprint density at radius 2 is 2.00 bits per heavy atom. The van der Waals surface area contributed by atoms with Crippen LogP contribution >= 0.6 is 0 Å². The number of piperidine rings is 1. The number of aliphatic hydroxyl groups is 1. The molecular weight excluding hydrogens is 638 g/mol. The highest BCUT2D eigenvalue weighted by Gasteiger charge is 2.40. The van der Waals surface area contributed by atoms with Crippen molar-refractivity contribution in [3.05, 3.63) is 69.5 Å². The number of nitrogens with zero attached hydrogens (tertiary/aromatic N) is 6. The average molecular weight is 684 g/mol. The van der Waals surface area contributed by atoms with Crippen LogP contribution in [0.1, 0.15) is 67.5 Å². The Morgan fingerprint density at radius 3 is 2.73 bits per heavy atom. The first-order valence-corrected chi connectivity index (χ1v) is 16.6. The summed E-state index contributed by atoms with van der Waals surface area (Å²) in [4.78, 5) is 32.8. The van der Waals surface area contributed by atoms with Crippen LogP contribution in [0.25, 0.3) is 0 Å². The summed E-state index contributed by atoms with van der Waals surface area (Å²) >= 11 is 0. The number of tetrazole rings is 1. The molecule has 2 aliphatic rings. The minimum Gasteiger partial charge on any atom is -0.497 e. The molecule has 2 aliphatic heterocycles. The van der Waals surface area contributed by atoms with E-state index >= 15 is 0 Å². The Labute approximate surface area is 284 Å². The lowest BCUT2D eigenvalue weighted by molar-refractivity contribution is -0.757. The topological polar surface area (TPSA) is 188 Å². The molecule has 1 amide bonds. The first-order chi connectivity index (χ1) is 23.9. The number of ether oxygens (including phenoxy) is 4. The van der Waals surface area contributed by atoms with Gasteiger partial charge in [-0.05, 0) is 61.1 Å². The zero-order chi connectivity index (χ0) is 34.6. The monoisotopic (exact) mass is 683 g/mol. The van der Waals surface area contributed by atoms with Crippen molar-refractivity contribution in [2.75, 3.05) is 58.6 Å². The van der Waals surface area contributed by atoms with Crippen molar-refractivity contribution in [1.29, 1.82) is 0 Å². The lowest BCUT2D eigenvalue weighted by atomic mass is 9.81. The maximum atomic E-state index is 13.7. The van der Waals surface area contributed by atoms with E-state index in [2.05, 4.69) is 36.4 Å². The van der Waals surface area contributed by atoms with Gasteiger partial charge in [0.25, 0.3) is 5.09 Å². The second-order valence-corrected chi connectivity index (χ2v) is 12.2. The predicted octanol–water partition coefficient (Wildman–Crippen LogP) is 3.22. The maximum Gasteiger partial charge on any atom is 0.294 e. The number of H-pyrrole nitrogens is 1. The van der Waals surface area contributed by atoms with Gasteiger partial charge in [0.15, 0.2) is 0 Å². The van der Waals surface area contributed by atoms with Gasteiger partial charge in [0.2, 0.25) is 11.7 Å². The Bertz CT molecular complexity index is 1480. The van der Waals surface area contributed by atoms with Gasteiger partial charge in [0, 0.05) is 51.6 Å². The number of carbonyl (C=O) groups excluding carboxylic acids is 1. The largest absolute Gasteiger partial charge is 0.497 e. The fraction of sp³-hybridized carbons (Fsp3) is 0.576. The minimum atomic E-state index is -1.05. The number of methoxy groups -OCH3 is 2. The minimum absolute atomic E-state index is 0.0822. The summed E-state index contributed by atoms with van der Waals surface area (Å²) in [5, 5.41) is 34.5. The van der Waals surface area contributed by atoms with E-state index in [1.165, 1.54) is 0 Å². The summed E-state index contributed by atoms with van der Waals surface area (Å²) in [6.07, 6.45) is 1.11. The SMILES string of the molecule is COCCCN1CCOc2ccc(COC3CN(C(=O)CCCCO[N+](=O)[O-])C(CC(O)c4nn[nH]n4)CC3c3ccc(OC)cc3)cc21. The van der Waals surface area contributed by atoms with Crippen molar-refractivity contribution in [3.63, 3.8) is 0 Å². The van der Waals surface area contributed by atoms with Gasteiger partial charge in [0.1, 0.15) is 24.2 Å². The number of hydrogen-bond acceptors (Lipinski definition) is 13. The number of amides is 1. The molecule has 4 atom stereocenters. The van der Waals surface area contributed by atoms with Crippen molar-refractivity contribution in [3.8, 4) is 11.5 Å². The van der Waals surface area contributed by atoms with E-state index in [9.17, 15) is 20.0 Å². The van der Waals surface area contributed by atoms with Crippen molar-refractivity contribution in [1.82, 2.24) is 25.5 Å². The van der Waals surface area contributed by atoms with E-state index in [4.69, 9.17) is 18.9 Å². The summed E-state index contributed by atoms with van der Waals surface area (Å²) in [6.45, 7) is 3.45. The number of unbranched alkanes of at least 4 members (excludes halogenated alkanes) is 1. The molecule has 0 bridgehead atoms. The number of carbonyl (C=O) groups is 1. The fourth-order valence-corrected chi connectivity index (χ4v) is 6.52. The molecule has 0 radical (unpaired) electrons. The maximum absolute atomic E-state index is 13.7. The Balaban J connectivity index is 1.36. The number of benzene rings is 2. The normalized spacial score (nSPS) is 19.5. The zero-order valence-corrected chi connectivity index (χ0v) is 27.9. The van der Waals surface area contributed by atoms with Crippen molar-refractivity contribution < 1.29 is 38.8 Å². The highest BCUT2D eigenvalue weighted by molar-refractivity contribution is 5.76. The van der Waals surface area contributed by atoms with Crippen LogP contribution < -0.4 is 14.4 Å². The van der Waals surface area contributed by atoms with Crippen molar-refractivity contribution in [2.24, 2.45) is 0 Å². The van der Waals surface area contributed by atoms with E-state index in [0.717, 1.165) is 47.8 Å². The van der Waals surface area contributed by atoms with Crippen LogP contribution in [0, 0.1) is 10.1 Å². The first-order valence-electron chi connectivity index (χ1n) is 16.6. The smallest absolute Gasteiger partial charge is 0.294 e. The molecule has 4 unspecified atom stereocenters. The van der Waals surface area contributed by atoms with Crippen LogP contribution in [0.2, 0.25) is 0 Å². The standard InChI is InChI=1S/C33H45N7O9/c1-45-15-5-13-38-14-17-47-30-12-7-23(18-28(30)38)22-48-31-21-39(32(42)6-3-4-16-49-40(43)44)25(20-29(41)33-34-36-37-35-33)19-27(31)24-8-10-26(46-2)11-9-24/h7-12,18,25,27,29,31,41H,3-6,13-17,19-22H2,1-2H3,(H,34,35,36,37). The molecule has 0 aliphatic carbocycles. The van der Waals surface area contributed by atoms with Crippen molar-refractivity contribution >= 4 is 11.6 Å². The van der Waals surface area contributed by atoms with Gasteiger partial charge in [0.05, 0.1) is 38.7 Å². The Hall–Kier alpha value is -4.54. The third-order valence-electron chi connectivity index (χ3n) is 9.02. The molecule has 49 heavy (non-hydrogen) atoms. The van der Waals surface area contributed by atoms with E-state index in [1.54, 1.807) is 19.1 Å². The van der Waals surface area contributed by atoms with Crippen LogP contribution in [-0.4, -0.2) is 107 Å². The molecule has 1 fully saturated rings. The molecule has 16 heteroatoms. The van der Waals surface area contributed by atoms with E-state index in [-0.39, 0.29) is 55.8 Å². The molecular formula is C33H45N7O9. The van der Waals surface area contributed by atoms with Gasteiger partial charge in [-0.25, -0.2) is 0 Å². The van der Waals surface area contributed by atoms with Crippen LogP contribution in [0.5, 0.6) is 11.5 Å². The van der Waals surface area contributed by atoms with Crippen LogP contribution in [0.3, 0.4) is 0 Å². The summed E-state index contributed by atoms with van der Waals surface area (Å²) in [5.74, 6) is 1.47. The van der Waals surface area contributed by atoms with Gasteiger partial charge in [-0.3, -0.25) is 4.79 Å². The number of aliphatic hydroxyl groups excluding tert-OH is 1. The van der Waals surface area contributed by atoms with Gasteiger partial charge in [-0.1, -0.05) is 23.4 Å². The summed E-state index contributed by atoms with van der Waals surface area (Å²) < 4.78 is 23.3. The highest BCUT2D eigenvalue weighted by atomic mass is 16.9. The summed E-state index contributed by atoms with van der Waals surface area (Å²) in [6, 6.07) is 13.5. The molecule has 3 aromatic rings. The lowest BCUT2D eigenvalue weighted by Gasteiger charge is -2.45. The number of anilines is 1. The van der Waals surface area contributed by atoms with E-state index in [1.807, 2.05) is 36.4 Å². The average Bonchev–Trinajstić information content (AvgIpc) is 3.66. The number of aromatic amines is 1. The quantitative estimate of drug-likeness (QED) is 0.113. The zero-order valence-electron chi connectivity index (χ0n) is 27.9. The molecule has 1 aromatic heterocycles. The van der Waals surface area contributed by atoms with Crippen LogP contribution in [0.15, 0.2) is 42.5 Å². The van der Waals surface area contributed by atoms with E-state index < -0.39 is 11.2 Å². The predicted molar refractivity (Wildman–Crippen MR) is 176 cm³/mol. The fourth-order valence-electron chi connectivity index (χ4n) is 6.52. The molecule has 1 saturated heterocycles. The molecule has 0 spiro atoms. The molecule has 2 aromatic carbocycles. The Kier molecular flexibility index (Phi) is 12.9. The number of aromatic nitrogens is 4. The number of rotatable bonds is 18. The third-order valence-corrected chi connectivity index (χ3v) is 9.02. The number of likely N-dealkylation sites (tertiary alicyclic amines) is 1.